The lowest BCUT2D eigenvalue weighted by Crippen LogP contribution is -2.36. The number of hydrogen-bond acceptors (Lipinski definition) is 6. The van der Waals surface area contributed by atoms with E-state index in [-0.39, 0.29) is 6.54 Å². The van der Waals surface area contributed by atoms with Gasteiger partial charge in [-0.05, 0) is 37.2 Å². The van der Waals surface area contributed by atoms with Crippen molar-refractivity contribution < 1.29 is 19.1 Å². The van der Waals surface area contributed by atoms with Crippen LogP contribution in [0.15, 0.2) is 24.3 Å². The molecule has 26 heavy (non-hydrogen) atoms. The van der Waals surface area contributed by atoms with Crippen molar-refractivity contribution in [3.63, 3.8) is 0 Å². The van der Waals surface area contributed by atoms with E-state index in [1.54, 1.807) is 6.07 Å². The third-order valence-corrected chi connectivity index (χ3v) is 4.03. The number of ether oxygens (including phenoxy) is 1. The van der Waals surface area contributed by atoms with E-state index in [0.29, 0.717) is 35.9 Å². The fourth-order valence-corrected chi connectivity index (χ4v) is 2.61. The van der Waals surface area contributed by atoms with E-state index in [0.717, 1.165) is 4.90 Å². The molecule has 1 saturated heterocycles. The van der Waals surface area contributed by atoms with Gasteiger partial charge in [0, 0.05) is 6.54 Å². The molecular formula is C16H21N5O4S. The molecule has 1 aliphatic rings. The molecule has 140 valence electrons. The standard InChI is InChI=1S/C16H21N5O4S/c1-25-13(22)9-21-14(23)12(20-16(21)24)7-4-8-18-15(26)19-11-6-3-2-5-10(11)17/h2-3,5-6,12H,4,7-9,17H2,1H3,(H,20,24)(H2,18,19,26). The molecule has 0 bridgehead atoms. The first kappa shape index (κ1) is 19.4. The van der Waals surface area contributed by atoms with Crippen LogP contribution in [0.4, 0.5) is 16.2 Å². The van der Waals surface area contributed by atoms with E-state index < -0.39 is 23.9 Å². The summed E-state index contributed by atoms with van der Waals surface area (Å²) in [5.41, 5.74) is 7.12. The van der Waals surface area contributed by atoms with E-state index in [1.807, 2.05) is 18.2 Å². The number of nitrogen functional groups attached to an aromatic ring is 1. The number of urea groups is 1. The predicted octanol–water partition coefficient (Wildman–Crippen LogP) is 0.429. The predicted molar refractivity (Wildman–Crippen MR) is 100 cm³/mol. The van der Waals surface area contributed by atoms with E-state index in [2.05, 4.69) is 20.7 Å². The molecule has 1 heterocycles. The van der Waals surface area contributed by atoms with Gasteiger partial charge in [-0.3, -0.25) is 14.5 Å². The minimum Gasteiger partial charge on any atom is -0.468 e. The molecule has 1 aromatic carbocycles. The molecule has 9 nitrogen and oxygen atoms in total. The van der Waals surface area contributed by atoms with Crippen LogP contribution >= 0.6 is 12.2 Å². The molecule has 0 radical (unpaired) electrons. The van der Waals surface area contributed by atoms with Gasteiger partial charge in [-0.2, -0.15) is 0 Å². The van der Waals surface area contributed by atoms with Crippen molar-refractivity contribution >= 4 is 46.6 Å². The number of nitrogens with zero attached hydrogens (tertiary/aromatic N) is 1. The molecule has 0 aliphatic carbocycles. The summed E-state index contributed by atoms with van der Waals surface area (Å²) < 4.78 is 4.47. The van der Waals surface area contributed by atoms with Gasteiger partial charge < -0.3 is 26.4 Å². The molecule has 1 unspecified atom stereocenters. The number of benzene rings is 1. The van der Waals surface area contributed by atoms with Crippen LogP contribution in [0.1, 0.15) is 12.8 Å². The van der Waals surface area contributed by atoms with Crippen LogP contribution in [0.25, 0.3) is 0 Å². The zero-order chi connectivity index (χ0) is 19.1. The largest absolute Gasteiger partial charge is 0.468 e. The summed E-state index contributed by atoms with van der Waals surface area (Å²) in [4.78, 5) is 36.0. The Kier molecular flexibility index (Phi) is 6.73. The van der Waals surface area contributed by atoms with Crippen LogP contribution in [-0.2, 0) is 14.3 Å². The fraction of sp³-hybridized carbons (Fsp3) is 0.375. The minimum absolute atomic E-state index is 0.386. The summed E-state index contributed by atoms with van der Waals surface area (Å²) in [7, 11) is 1.20. The van der Waals surface area contributed by atoms with Crippen molar-refractivity contribution in [3.05, 3.63) is 24.3 Å². The van der Waals surface area contributed by atoms with Crippen LogP contribution in [0.2, 0.25) is 0 Å². The van der Waals surface area contributed by atoms with Gasteiger partial charge in [-0.1, -0.05) is 12.1 Å². The second-order valence-electron chi connectivity index (χ2n) is 5.61. The highest BCUT2D eigenvalue weighted by Gasteiger charge is 2.38. The number of hydrogen-bond donors (Lipinski definition) is 4. The normalized spacial score (nSPS) is 16.2. The topological polar surface area (TPSA) is 126 Å². The molecular weight excluding hydrogens is 358 g/mol. The molecule has 0 saturated carbocycles. The highest BCUT2D eigenvalue weighted by Crippen LogP contribution is 2.16. The number of esters is 1. The molecule has 1 aromatic rings. The molecule has 5 N–H and O–H groups in total. The number of carbonyl (C=O) groups excluding carboxylic acids is 3. The Hall–Kier alpha value is -2.88. The van der Waals surface area contributed by atoms with Gasteiger partial charge in [0.2, 0.25) is 0 Å². The third kappa shape index (κ3) is 5.06. The van der Waals surface area contributed by atoms with Crippen LogP contribution in [0.5, 0.6) is 0 Å². The Morgan fingerprint density at radius 1 is 1.38 bits per heavy atom. The summed E-state index contributed by atoms with van der Waals surface area (Å²) >= 11 is 5.19. The fourth-order valence-electron chi connectivity index (χ4n) is 2.40. The van der Waals surface area contributed by atoms with E-state index in [9.17, 15) is 14.4 Å². The Bertz CT molecular complexity index is 712. The van der Waals surface area contributed by atoms with Crippen molar-refractivity contribution in [2.24, 2.45) is 0 Å². The van der Waals surface area contributed by atoms with Gasteiger partial charge in [0.1, 0.15) is 12.6 Å². The number of thiocarbonyl (C=S) groups is 1. The average molecular weight is 379 g/mol. The minimum atomic E-state index is -0.653. The quantitative estimate of drug-likeness (QED) is 0.177. The molecule has 1 atom stereocenters. The number of nitrogens with two attached hydrogens (primary N) is 1. The first-order valence-electron chi connectivity index (χ1n) is 8.00. The second-order valence-corrected chi connectivity index (χ2v) is 6.02. The molecule has 1 fully saturated rings. The van der Waals surface area contributed by atoms with Crippen molar-refractivity contribution in [2.45, 2.75) is 18.9 Å². The monoisotopic (exact) mass is 379 g/mol. The number of carbonyl (C=O) groups is 3. The van der Waals surface area contributed by atoms with Gasteiger partial charge >= 0.3 is 12.0 Å². The van der Waals surface area contributed by atoms with Crippen molar-refractivity contribution in [1.82, 2.24) is 15.5 Å². The highest BCUT2D eigenvalue weighted by molar-refractivity contribution is 7.80. The van der Waals surface area contributed by atoms with E-state index in [1.165, 1.54) is 7.11 Å². The number of anilines is 2. The smallest absolute Gasteiger partial charge is 0.325 e. The maximum atomic E-state index is 12.1. The molecule has 2 rings (SSSR count). The van der Waals surface area contributed by atoms with E-state index in [4.69, 9.17) is 18.0 Å². The summed E-state index contributed by atoms with van der Waals surface area (Å²) in [6.45, 7) is 0.123. The Morgan fingerprint density at radius 2 is 2.12 bits per heavy atom. The van der Waals surface area contributed by atoms with Gasteiger partial charge in [-0.25, -0.2) is 4.79 Å². The van der Waals surface area contributed by atoms with Crippen LogP contribution in [-0.4, -0.2) is 54.2 Å². The van der Waals surface area contributed by atoms with Gasteiger partial charge in [0.15, 0.2) is 5.11 Å². The maximum absolute atomic E-state index is 12.1. The number of nitrogens with one attached hydrogen (secondary N) is 3. The number of rotatable bonds is 7. The zero-order valence-electron chi connectivity index (χ0n) is 14.3. The Balaban J connectivity index is 1.72. The summed E-state index contributed by atoms with van der Waals surface area (Å²) in [5, 5.41) is 8.97. The zero-order valence-corrected chi connectivity index (χ0v) is 15.1. The second kappa shape index (κ2) is 8.99. The Labute approximate surface area is 156 Å². The van der Waals surface area contributed by atoms with Crippen molar-refractivity contribution in [3.8, 4) is 0 Å². The number of amides is 3. The van der Waals surface area contributed by atoms with Crippen LogP contribution in [0, 0.1) is 0 Å². The highest BCUT2D eigenvalue weighted by atomic mass is 32.1. The van der Waals surface area contributed by atoms with Gasteiger partial charge in [-0.15, -0.1) is 0 Å². The van der Waals surface area contributed by atoms with Crippen LogP contribution in [0.3, 0.4) is 0 Å². The summed E-state index contributed by atoms with van der Waals surface area (Å²) in [5.74, 6) is -1.08. The molecule has 0 aromatic heterocycles. The lowest BCUT2D eigenvalue weighted by atomic mass is 10.1. The molecule has 3 amide bonds. The third-order valence-electron chi connectivity index (χ3n) is 3.79. The summed E-state index contributed by atoms with van der Waals surface area (Å²) in [6, 6.07) is 6.00. The molecule has 0 spiro atoms. The van der Waals surface area contributed by atoms with Gasteiger partial charge in [0.25, 0.3) is 5.91 Å². The summed E-state index contributed by atoms with van der Waals surface area (Å²) in [6.07, 6.45) is 1.01. The first-order valence-corrected chi connectivity index (χ1v) is 8.41. The lowest BCUT2D eigenvalue weighted by Gasteiger charge is -2.13. The SMILES string of the molecule is COC(=O)CN1C(=O)NC(CCCNC(=S)Nc2ccccc2N)C1=O. The number of para-hydroxylation sites is 2. The molecule has 1 aliphatic heterocycles. The van der Waals surface area contributed by atoms with Gasteiger partial charge in [0.05, 0.1) is 18.5 Å². The lowest BCUT2D eigenvalue weighted by molar-refractivity contribution is -0.144. The maximum Gasteiger partial charge on any atom is 0.325 e. The number of methoxy groups -OCH3 is 1. The van der Waals surface area contributed by atoms with E-state index >= 15 is 0 Å². The average Bonchev–Trinajstić information content (AvgIpc) is 2.88. The first-order chi connectivity index (χ1) is 12.4. The Morgan fingerprint density at radius 3 is 2.81 bits per heavy atom. The van der Waals surface area contributed by atoms with Crippen molar-refractivity contribution in [2.75, 3.05) is 31.2 Å². The van der Waals surface area contributed by atoms with Crippen molar-refractivity contribution in [1.29, 1.82) is 0 Å². The molecule has 10 heteroatoms. The van der Waals surface area contributed by atoms with Crippen LogP contribution < -0.4 is 21.7 Å². The number of imide groups is 1.